The van der Waals surface area contributed by atoms with Gasteiger partial charge in [0.2, 0.25) is 0 Å². The second-order valence-electron chi connectivity index (χ2n) is 10.1. The molecule has 1 heterocycles. The van der Waals surface area contributed by atoms with E-state index in [1.54, 1.807) is 29.2 Å². The van der Waals surface area contributed by atoms with Crippen LogP contribution < -0.4 is 19.7 Å². The van der Waals surface area contributed by atoms with E-state index in [0.29, 0.717) is 29.2 Å². The second kappa shape index (κ2) is 13.0. The normalized spacial score (nSPS) is 13.4. The summed E-state index contributed by atoms with van der Waals surface area (Å²) in [7, 11) is -2.19. The zero-order chi connectivity index (χ0) is 30.6. The van der Waals surface area contributed by atoms with Gasteiger partial charge in [0.1, 0.15) is 17.5 Å². The molecule has 1 aliphatic heterocycles. The largest absolute Gasteiger partial charge is 0.497 e. The summed E-state index contributed by atoms with van der Waals surface area (Å²) in [4.78, 5) is 27.0. The Kier molecular flexibility index (Phi) is 9.65. The Morgan fingerprint density at radius 1 is 1.14 bits per heavy atom. The molecule has 1 amide bonds. The van der Waals surface area contributed by atoms with Crippen molar-refractivity contribution < 1.29 is 37.7 Å². The monoisotopic (exact) mass is 616 g/mol. The summed E-state index contributed by atoms with van der Waals surface area (Å²) >= 11 is 6.28. The van der Waals surface area contributed by atoms with Crippen LogP contribution in [0.2, 0.25) is 5.02 Å². The number of anilines is 2. The molecule has 12 heteroatoms. The molecular formula is C30H33ClN2O8S. The number of carbonyl (C=O) groups excluding carboxylic acids is 1. The number of nitrogens with zero attached hydrogens (tertiary/aromatic N) is 1. The summed E-state index contributed by atoms with van der Waals surface area (Å²) in [6.07, 6.45) is 1.83. The molecule has 0 spiro atoms. The molecule has 0 saturated heterocycles. The number of carbonyl (C=O) groups is 2. The van der Waals surface area contributed by atoms with Crippen LogP contribution in [0.3, 0.4) is 0 Å². The van der Waals surface area contributed by atoms with Crippen molar-refractivity contribution in [2.45, 2.75) is 43.7 Å². The van der Waals surface area contributed by atoms with Crippen molar-refractivity contribution in [1.29, 1.82) is 0 Å². The van der Waals surface area contributed by atoms with E-state index in [2.05, 4.69) is 5.32 Å². The highest BCUT2D eigenvalue weighted by Crippen LogP contribution is 2.38. The highest BCUT2D eigenvalue weighted by atomic mass is 35.5. The number of amides is 1. The fourth-order valence-electron chi connectivity index (χ4n) is 4.85. The molecular weight excluding hydrogens is 584 g/mol. The topological polar surface area (TPSA) is 142 Å². The number of aliphatic hydroxyl groups excluding tert-OH is 1. The Hall–Kier alpha value is -3.80. The van der Waals surface area contributed by atoms with Crippen molar-refractivity contribution in [3.63, 3.8) is 0 Å². The summed E-state index contributed by atoms with van der Waals surface area (Å²) in [6.45, 7) is 2.24. The van der Waals surface area contributed by atoms with Gasteiger partial charge in [-0.25, -0.2) is 8.42 Å². The molecule has 0 fully saturated rings. The van der Waals surface area contributed by atoms with E-state index >= 15 is 0 Å². The first-order valence-electron chi connectivity index (χ1n) is 13.3. The smallest absolute Gasteiger partial charge is 0.303 e. The van der Waals surface area contributed by atoms with Crippen LogP contribution >= 0.6 is 11.6 Å². The van der Waals surface area contributed by atoms with Gasteiger partial charge in [-0.2, -0.15) is 0 Å². The zero-order valence-corrected chi connectivity index (χ0v) is 25.1. The number of carboxylic acids is 1. The maximum atomic E-state index is 14.4. The third kappa shape index (κ3) is 7.15. The van der Waals surface area contributed by atoms with Gasteiger partial charge in [-0.1, -0.05) is 23.7 Å². The number of ether oxygens (including phenoxy) is 2. The first-order chi connectivity index (χ1) is 19.9. The third-order valence-corrected chi connectivity index (χ3v) is 8.38. The van der Waals surface area contributed by atoms with Crippen molar-refractivity contribution >= 4 is 44.7 Å². The van der Waals surface area contributed by atoms with Crippen LogP contribution in [-0.4, -0.2) is 57.0 Å². The van der Waals surface area contributed by atoms with Gasteiger partial charge in [0.15, 0.2) is 9.84 Å². The van der Waals surface area contributed by atoms with E-state index in [9.17, 15) is 23.1 Å². The molecule has 1 unspecified atom stereocenters. The van der Waals surface area contributed by atoms with Crippen LogP contribution in [0, 0.1) is 6.92 Å². The number of hydrogen-bond acceptors (Lipinski definition) is 8. The van der Waals surface area contributed by atoms with Crippen molar-refractivity contribution in [3.05, 3.63) is 75.8 Å². The van der Waals surface area contributed by atoms with Crippen molar-refractivity contribution in [1.82, 2.24) is 0 Å². The van der Waals surface area contributed by atoms with Gasteiger partial charge in [0.05, 0.1) is 25.2 Å². The number of nitrogens with one attached hydrogen (secondary N) is 1. The van der Waals surface area contributed by atoms with E-state index < -0.39 is 21.8 Å². The first-order valence-corrected chi connectivity index (χ1v) is 15.5. The highest BCUT2D eigenvalue weighted by Gasteiger charge is 2.34. The Balaban J connectivity index is 1.79. The first kappa shape index (κ1) is 31.1. The number of sulfone groups is 1. The molecule has 0 aromatic heterocycles. The van der Waals surface area contributed by atoms with Crippen LogP contribution in [0.4, 0.5) is 11.4 Å². The number of fused-ring (bicyclic) bond motifs is 1. The molecule has 0 radical (unpaired) electrons. The van der Waals surface area contributed by atoms with Crippen LogP contribution in [0.25, 0.3) is 0 Å². The van der Waals surface area contributed by atoms with Gasteiger partial charge < -0.3 is 29.9 Å². The number of halogens is 1. The number of rotatable bonds is 12. The fraction of sp³-hybridized carbons (Fsp3) is 0.333. The molecule has 4 rings (SSSR count). The lowest BCUT2D eigenvalue weighted by atomic mass is 10.0. The van der Waals surface area contributed by atoms with E-state index in [4.69, 9.17) is 26.2 Å². The highest BCUT2D eigenvalue weighted by molar-refractivity contribution is 7.90. The van der Waals surface area contributed by atoms with Gasteiger partial charge in [-0.05, 0) is 66.8 Å². The SMILES string of the molecule is COc1cc(NC(C(=O)N2CCc3cc(CO)c(C)cc32)c2ccc(Cl)cc2OCCCC(=O)O)cc(S(C)(=O)=O)c1. The fourth-order valence-corrected chi connectivity index (χ4v) is 5.68. The summed E-state index contributed by atoms with van der Waals surface area (Å²) in [5.41, 5.74) is 4.05. The Morgan fingerprint density at radius 3 is 2.57 bits per heavy atom. The molecule has 0 saturated carbocycles. The minimum atomic E-state index is -3.61. The number of aliphatic carboxylic acids is 1. The number of aliphatic hydroxyl groups is 1. The maximum absolute atomic E-state index is 14.4. The number of aryl methyl sites for hydroxylation is 1. The molecule has 1 atom stereocenters. The minimum Gasteiger partial charge on any atom is -0.497 e. The van der Waals surface area contributed by atoms with E-state index in [1.807, 2.05) is 19.1 Å². The van der Waals surface area contributed by atoms with Gasteiger partial charge >= 0.3 is 5.97 Å². The predicted molar refractivity (Wildman–Crippen MR) is 159 cm³/mol. The van der Waals surface area contributed by atoms with Gasteiger partial charge in [0.25, 0.3) is 5.91 Å². The average molecular weight is 617 g/mol. The van der Waals surface area contributed by atoms with Gasteiger partial charge in [-0.3, -0.25) is 9.59 Å². The summed E-state index contributed by atoms with van der Waals surface area (Å²) in [5, 5.41) is 22.3. The Bertz CT molecular complexity index is 1610. The molecule has 10 nitrogen and oxygen atoms in total. The zero-order valence-electron chi connectivity index (χ0n) is 23.5. The van der Waals surface area contributed by atoms with E-state index in [-0.39, 0.29) is 48.4 Å². The van der Waals surface area contributed by atoms with Crippen LogP contribution in [-0.2, 0) is 32.5 Å². The molecule has 42 heavy (non-hydrogen) atoms. The Labute approximate surface area is 249 Å². The van der Waals surface area contributed by atoms with Crippen molar-refractivity contribution in [2.24, 2.45) is 0 Å². The van der Waals surface area contributed by atoms with Gasteiger partial charge in [0, 0.05) is 47.2 Å². The van der Waals surface area contributed by atoms with Crippen molar-refractivity contribution in [3.8, 4) is 11.5 Å². The van der Waals surface area contributed by atoms with Crippen LogP contribution in [0.15, 0.2) is 53.4 Å². The molecule has 0 bridgehead atoms. The van der Waals surface area contributed by atoms with E-state index in [0.717, 1.165) is 28.6 Å². The minimum absolute atomic E-state index is 0.00970. The van der Waals surface area contributed by atoms with Crippen LogP contribution in [0.5, 0.6) is 11.5 Å². The molecule has 224 valence electrons. The molecule has 3 N–H and O–H groups in total. The lowest BCUT2D eigenvalue weighted by molar-refractivity contribution is -0.137. The summed E-state index contributed by atoms with van der Waals surface area (Å²) in [5.74, 6) is -0.708. The maximum Gasteiger partial charge on any atom is 0.303 e. The molecule has 3 aromatic carbocycles. The summed E-state index contributed by atoms with van der Waals surface area (Å²) in [6, 6.07) is 12.0. The van der Waals surface area contributed by atoms with Crippen molar-refractivity contribution in [2.75, 3.05) is 36.7 Å². The lowest BCUT2D eigenvalue weighted by Gasteiger charge is -2.28. The Morgan fingerprint density at radius 2 is 1.90 bits per heavy atom. The quantitative estimate of drug-likeness (QED) is 0.250. The second-order valence-corrected chi connectivity index (χ2v) is 12.5. The molecule has 1 aliphatic rings. The van der Waals surface area contributed by atoms with Crippen LogP contribution in [0.1, 0.15) is 41.1 Å². The number of methoxy groups -OCH3 is 1. The summed E-state index contributed by atoms with van der Waals surface area (Å²) < 4.78 is 36.1. The number of carboxylic acid groups (broad SMARTS) is 1. The number of benzene rings is 3. The number of hydrogen-bond donors (Lipinski definition) is 3. The molecule has 0 aliphatic carbocycles. The van der Waals surface area contributed by atoms with Gasteiger partial charge in [-0.15, -0.1) is 0 Å². The standard InChI is InChI=1S/C30H33ClN2O8S/c1-18-11-26-19(12-20(18)17-34)8-9-33(26)30(37)29(32-22-14-23(40-2)16-24(15-22)42(3,38)39)25-7-6-21(31)13-27(25)41-10-4-5-28(35)36/h6-7,11-16,29,32,34H,4-5,8-10,17H2,1-3H3,(H,35,36). The van der Waals surface area contributed by atoms with E-state index in [1.165, 1.54) is 19.2 Å². The predicted octanol–water partition coefficient (Wildman–Crippen LogP) is 4.54. The third-order valence-electron chi connectivity index (χ3n) is 7.05. The lowest BCUT2D eigenvalue weighted by Crippen LogP contribution is -2.37. The molecule has 3 aromatic rings. The average Bonchev–Trinajstić information content (AvgIpc) is 3.35.